The van der Waals surface area contributed by atoms with Gasteiger partial charge in [-0.15, -0.1) is 0 Å². The van der Waals surface area contributed by atoms with E-state index in [1.54, 1.807) is 32.0 Å². The van der Waals surface area contributed by atoms with Gasteiger partial charge in [-0.2, -0.15) is 0 Å². The van der Waals surface area contributed by atoms with Crippen LogP contribution in [-0.4, -0.2) is 34.3 Å². The number of carbonyl (C=O) groups excluding carboxylic acids is 1. The van der Waals surface area contributed by atoms with Gasteiger partial charge < -0.3 is 5.32 Å². The highest BCUT2D eigenvalue weighted by Gasteiger charge is 2.17. The van der Waals surface area contributed by atoms with Crippen LogP contribution in [0.3, 0.4) is 0 Å². The molecule has 9 nitrogen and oxygen atoms in total. The number of fused-ring (bicyclic) bond motifs is 1. The van der Waals surface area contributed by atoms with Crippen LogP contribution in [0.15, 0.2) is 65.7 Å². The maximum absolute atomic E-state index is 12.6. The summed E-state index contributed by atoms with van der Waals surface area (Å²) in [4.78, 5) is 29.2. The number of rotatable bonds is 5. The van der Waals surface area contributed by atoms with Crippen molar-refractivity contribution in [1.82, 2.24) is 19.9 Å². The van der Waals surface area contributed by atoms with Crippen molar-refractivity contribution >= 4 is 38.6 Å². The van der Waals surface area contributed by atoms with E-state index in [9.17, 15) is 13.2 Å². The van der Waals surface area contributed by atoms with Gasteiger partial charge >= 0.3 is 0 Å². The molecule has 0 bridgehead atoms. The lowest BCUT2D eigenvalue weighted by molar-refractivity contribution is 0.102. The van der Waals surface area contributed by atoms with Crippen molar-refractivity contribution in [3.05, 3.63) is 77.9 Å². The molecule has 4 aromatic rings. The number of amides is 1. The highest BCUT2D eigenvalue weighted by Crippen LogP contribution is 2.18. The Hall–Kier alpha value is -3.92. The molecule has 0 aliphatic carbocycles. The van der Waals surface area contributed by atoms with E-state index in [0.717, 1.165) is 0 Å². The lowest BCUT2D eigenvalue weighted by atomic mass is 10.3. The summed E-state index contributed by atoms with van der Waals surface area (Å²) >= 11 is 0. The van der Waals surface area contributed by atoms with E-state index in [4.69, 9.17) is 0 Å². The zero-order chi connectivity index (χ0) is 22.0. The molecular formula is C21H18N6O3S. The first-order chi connectivity index (χ1) is 14.8. The molecule has 0 aliphatic heterocycles. The topological polar surface area (TPSA) is 127 Å². The van der Waals surface area contributed by atoms with Gasteiger partial charge in [-0.05, 0) is 56.3 Å². The molecule has 0 saturated heterocycles. The monoisotopic (exact) mass is 434 g/mol. The summed E-state index contributed by atoms with van der Waals surface area (Å²) in [5, 5.41) is 2.68. The average molecular weight is 434 g/mol. The first-order valence-electron chi connectivity index (χ1n) is 9.28. The van der Waals surface area contributed by atoms with Crippen LogP contribution in [0.2, 0.25) is 0 Å². The minimum Gasteiger partial charge on any atom is -0.321 e. The molecule has 0 spiro atoms. The van der Waals surface area contributed by atoms with E-state index >= 15 is 0 Å². The number of carbonyl (C=O) groups is 1. The first-order valence-corrected chi connectivity index (χ1v) is 10.8. The highest BCUT2D eigenvalue weighted by atomic mass is 32.2. The molecule has 1 amide bonds. The van der Waals surface area contributed by atoms with Crippen LogP contribution in [0, 0.1) is 13.8 Å². The van der Waals surface area contributed by atoms with Crippen molar-refractivity contribution in [3.8, 4) is 0 Å². The SMILES string of the molecule is Cc1cc(C)nc(NS(=O)(=O)c2ccc(NC(=O)c3cnc4ccccc4n3)cc2)n1. The van der Waals surface area contributed by atoms with Gasteiger partial charge in [0, 0.05) is 17.1 Å². The van der Waals surface area contributed by atoms with Gasteiger partial charge in [-0.25, -0.2) is 28.1 Å². The average Bonchev–Trinajstić information content (AvgIpc) is 2.72. The number of aromatic nitrogens is 4. The molecule has 10 heteroatoms. The van der Waals surface area contributed by atoms with Crippen LogP contribution in [-0.2, 0) is 10.0 Å². The minimum absolute atomic E-state index is 0.00441. The second-order valence-electron chi connectivity index (χ2n) is 6.80. The van der Waals surface area contributed by atoms with Crippen molar-refractivity contribution in [2.24, 2.45) is 0 Å². The summed E-state index contributed by atoms with van der Waals surface area (Å²) in [6.45, 7) is 3.51. The number of para-hydroxylation sites is 2. The van der Waals surface area contributed by atoms with Crippen molar-refractivity contribution < 1.29 is 13.2 Å². The Morgan fingerprint density at radius 2 is 1.52 bits per heavy atom. The number of aryl methyl sites for hydroxylation is 2. The molecular weight excluding hydrogens is 416 g/mol. The fraction of sp³-hybridized carbons (Fsp3) is 0.0952. The van der Waals surface area contributed by atoms with Crippen LogP contribution in [0.25, 0.3) is 11.0 Å². The number of nitrogens with one attached hydrogen (secondary N) is 2. The second kappa shape index (κ2) is 8.07. The van der Waals surface area contributed by atoms with Crippen LogP contribution >= 0.6 is 0 Å². The van der Waals surface area contributed by atoms with Gasteiger partial charge in [-0.3, -0.25) is 9.78 Å². The lowest BCUT2D eigenvalue weighted by Crippen LogP contribution is -2.16. The molecule has 0 unspecified atom stereocenters. The summed E-state index contributed by atoms with van der Waals surface area (Å²) in [5.74, 6) is -0.444. The molecule has 0 radical (unpaired) electrons. The summed E-state index contributed by atoms with van der Waals surface area (Å²) in [7, 11) is -3.88. The van der Waals surface area contributed by atoms with E-state index < -0.39 is 15.9 Å². The van der Waals surface area contributed by atoms with Crippen molar-refractivity contribution in [1.29, 1.82) is 0 Å². The number of anilines is 2. The van der Waals surface area contributed by atoms with Gasteiger partial charge in [0.1, 0.15) is 5.69 Å². The molecule has 156 valence electrons. The number of sulfonamides is 1. The second-order valence-corrected chi connectivity index (χ2v) is 8.48. The Labute approximate surface area is 178 Å². The van der Waals surface area contributed by atoms with E-state index in [1.165, 1.54) is 30.5 Å². The maximum Gasteiger partial charge on any atom is 0.275 e. The Bertz CT molecular complexity index is 1370. The van der Waals surface area contributed by atoms with Crippen LogP contribution in [0.5, 0.6) is 0 Å². The zero-order valence-corrected chi connectivity index (χ0v) is 17.5. The van der Waals surface area contributed by atoms with Gasteiger partial charge in [0.15, 0.2) is 0 Å². The van der Waals surface area contributed by atoms with E-state index in [2.05, 4.69) is 30.0 Å². The fourth-order valence-electron chi connectivity index (χ4n) is 2.93. The highest BCUT2D eigenvalue weighted by molar-refractivity contribution is 7.92. The van der Waals surface area contributed by atoms with Crippen molar-refractivity contribution in [2.45, 2.75) is 18.7 Å². The number of hydrogen-bond donors (Lipinski definition) is 2. The molecule has 31 heavy (non-hydrogen) atoms. The fourth-order valence-corrected chi connectivity index (χ4v) is 3.87. The van der Waals surface area contributed by atoms with E-state index in [0.29, 0.717) is 28.1 Å². The summed E-state index contributed by atoms with van der Waals surface area (Å²) in [6, 6.07) is 14.7. The molecule has 4 rings (SSSR count). The lowest BCUT2D eigenvalue weighted by Gasteiger charge is -2.09. The normalized spacial score (nSPS) is 11.3. The van der Waals surface area contributed by atoms with E-state index in [1.807, 2.05) is 12.1 Å². The van der Waals surface area contributed by atoms with Crippen LogP contribution in [0.4, 0.5) is 11.6 Å². The predicted molar refractivity (Wildman–Crippen MR) is 116 cm³/mol. The largest absolute Gasteiger partial charge is 0.321 e. The molecule has 0 atom stereocenters. The van der Waals surface area contributed by atoms with Crippen LogP contribution in [0.1, 0.15) is 21.9 Å². The summed E-state index contributed by atoms with van der Waals surface area (Å²) in [6.07, 6.45) is 1.39. The van der Waals surface area contributed by atoms with Crippen LogP contribution < -0.4 is 10.0 Å². The minimum atomic E-state index is -3.88. The van der Waals surface area contributed by atoms with Gasteiger partial charge in [-0.1, -0.05) is 12.1 Å². The molecule has 2 aromatic carbocycles. The Morgan fingerprint density at radius 1 is 0.871 bits per heavy atom. The zero-order valence-electron chi connectivity index (χ0n) is 16.7. The molecule has 2 N–H and O–H groups in total. The summed E-state index contributed by atoms with van der Waals surface area (Å²) < 4.78 is 27.6. The molecule has 2 heterocycles. The summed E-state index contributed by atoms with van der Waals surface area (Å²) in [5.41, 5.74) is 3.18. The molecule has 0 aliphatic rings. The third-order valence-corrected chi connectivity index (χ3v) is 5.66. The first kappa shape index (κ1) is 20.4. The van der Waals surface area contributed by atoms with Crippen molar-refractivity contribution in [3.63, 3.8) is 0 Å². The quantitative estimate of drug-likeness (QED) is 0.494. The maximum atomic E-state index is 12.6. The Balaban J connectivity index is 1.49. The van der Waals surface area contributed by atoms with Gasteiger partial charge in [0.05, 0.1) is 22.1 Å². The van der Waals surface area contributed by atoms with Gasteiger partial charge in [0.2, 0.25) is 5.95 Å². The standard InChI is InChI=1S/C21H18N6O3S/c1-13-11-14(2)24-21(23-13)27-31(29,30)16-9-7-15(8-10-16)25-20(28)19-12-22-17-5-3-4-6-18(17)26-19/h3-12H,1-2H3,(H,25,28)(H,23,24,27). The smallest absolute Gasteiger partial charge is 0.275 e. The van der Waals surface area contributed by atoms with E-state index in [-0.39, 0.29) is 16.5 Å². The number of benzene rings is 2. The Morgan fingerprint density at radius 3 is 2.19 bits per heavy atom. The van der Waals surface area contributed by atoms with Crippen molar-refractivity contribution in [2.75, 3.05) is 10.0 Å². The Kier molecular flexibility index (Phi) is 5.30. The molecule has 2 aromatic heterocycles. The number of hydrogen-bond acceptors (Lipinski definition) is 7. The third-order valence-electron chi connectivity index (χ3n) is 4.31. The molecule has 0 fully saturated rings. The van der Waals surface area contributed by atoms with Gasteiger partial charge in [0.25, 0.3) is 15.9 Å². The molecule has 0 saturated carbocycles. The third kappa shape index (κ3) is 4.64. The number of nitrogens with zero attached hydrogens (tertiary/aromatic N) is 4. The predicted octanol–water partition coefficient (Wildman–Crippen LogP) is 3.09.